The molecule has 0 aliphatic carbocycles. The Bertz CT molecular complexity index is 626. The summed E-state index contributed by atoms with van der Waals surface area (Å²) in [6.07, 6.45) is 11.0. The molecule has 1 N–H and O–H groups in total. The number of rotatable bonds is 7. The predicted octanol–water partition coefficient (Wildman–Crippen LogP) is 2.87. The van der Waals surface area contributed by atoms with E-state index >= 15 is 0 Å². The normalized spacial score (nSPS) is 18.3. The van der Waals surface area contributed by atoms with E-state index < -0.39 is 0 Å². The molecule has 6 heteroatoms. The monoisotopic (exact) mass is 372 g/mol. The Morgan fingerprint density at radius 2 is 1.85 bits per heavy atom. The van der Waals surface area contributed by atoms with Gasteiger partial charge in [-0.25, -0.2) is 4.98 Å². The highest BCUT2D eigenvalue weighted by Crippen LogP contribution is 2.21. The summed E-state index contributed by atoms with van der Waals surface area (Å²) in [6, 6.07) is 4.00. The van der Waals surface area contributed by atoms with E-state index in [9.17, 15) is 9.59 Å². The zero-order valence-corrected chi connectivity index (χ0v) is 16.3. The zero-order valence-electron chi connectivity index (χ0n) is 16.3. The number of carbonyl (C=O) groups is 2. The van der Waals surface area contributed by atoms with Crippen molar-refractivity contribution < 1.29 is 9.59 Å². The third-order valence-corrected chi connectivity index (χ3v) is 5.50. The smallest absolute Gasteiger partial charge is 0.222 e. The van der Waals surface area contributed by atoms with Crippen molar-refractivity contribution in [1.82, 2.24) is 15.2 Å². The Labute approximate surface area is 162 Å². The quantitative estimate of drug-likeness (QED) is 0.799. The second-order valence-electron chi connectivity index (χ2n) is 7.61. The highest BCUT2D eigenvalue weighted by molar-refractivity contribution is 5.78. The number of anilines is 1. The first kappa shape index (κ1) is 19.6. The molecule has 2 fully saturated rings. The van der Waals surface area contributed by atoms with Crippen LogP contribution in [0.25, 0.3) is 0 Å². The number of nitrogens with one attached hydrogen (secondary N) is 1. The topological polar surface area (TPSA) is 65.5 Å². The highest BCUT2D eigenvalue weighted by atomic mass is 16.2. The molecule has 0 atom stereocenters. The molecule has 3 rings (SSSR count). The summed E-state index contributed by atoms with van der Waals surface area (Å²) in [5.74, 6) is 1.29. The fourth-order valence-corrected chi connectivity index (χ4v) is 3.97. The number of aromatic nitrogens is 1. The maximum atomic E-state index is 12.2. The molecule has 148 valence electrons. The average molecular weight is 373 g/mol. The second kappa shape index (κ2) is 10.3. The molecule has 0 saturated carbocycles. The van der Waals surface area contributed by atoms with Crippen molar-refractivity contribution >= 4 is 17.6 Å². The number of amides is 2. The summed E-state index contributed by atoms with van der Waals surface area (Å²) in [5, 5.41) is 3.03. The lowest BCUT2D eigenvalue weighted by Crippen LogP contribution is -2.31. The molecule has 27 heavy (non-hydrogen) atoms. The van der Waals surface area contributed by atoms with Gasteiger partial charge in [-0.3, -0.25) is 9.59 Å². The second-order valence-corrected chi connectivity index (χ2v) is 7.61. The van der Waals surface area contributed by atoms with Crippen LogP contribution in [0.4, 0.5) is 5.82 Å². The van der Waals surface area contributed by atoms with E-state index in [1.165, 1.54) is 32.1 Å². The van der Waals surface area contributed by atoms with Crippen LogP contribution >= 0.6 is 0 Å². The first-order valence-electron chi connectivity index (χ1n) is 10.5. The van der Waals surface area contributed by atoms with Crippen molar-refractivity contribution in [2.24, 2.45) is 0 Å². The third kappa shape index (κ3) is 5.94. The lowest BCUT2D eigenvalue weighted by atomic mass is 10.1. The van der Waals surface area contributed by atoms with Crippen LogP contribution in [0.3, 0.4) is 0 Å². The van der Waals surface area contributed by atoms with Crippen molar-refractivity contribution in [3.05, 3.63) is 23.9 Å². The minimum atomic E-state index is 0.0455. The van der Waals surface area contributed by atoms with Crippen LogP contribution in [-0.2, 0) is 16.1 Å². The molecular weight excluding hydrogens is 340 g/mol. The van der Waals surface area contributed by atoms with E-state index in [-0.39, 0.29) is 11.8 Å². The third-order valence-electron chi connectivity index (χ3n) is 5.50. The molecule has 2 aliphatic heterocycles. The predicted molar refractivity (Wildman–Crippen MR) is 106 cm³/mol. The molecule has 0 radical (unpaired) electrons. The summed E-state index contributed by atoms with van der Waals surface area (Å²) in [6.45, 7) is 4.14. The fourth-order valence-electron chi connectivity index (χ4n) is 3.97. The largest absolute Gasteiger partial charge is 0.356 e. The van der Waals surface area contributed by atoms with Gasteiger partial charge in [0.05, 0.1) is 0 Å². The van der Waals surface area contributed by atoms with Gasteiger partial charge in [-0.05, 0) is 31.7 Å². The van der Waals surface area contributed by atoms with Crippen LogP contribution in [0.2, 0.25) is 0 Å². The number of pyridine rings is 1. The first-order valence-corrected chi connectivity index (χ1v) is 10.5. The minimum absolute atomic E-state index is 0.0455. The van der Waals surface area contributed by atoms with Crippen molar-refractivity contribution in [2.45, 2.75) is 64.3 Å². The molecule has 3 heterocycles. The Morgan fingerprint density at radius 1 is 1.07 bits per heavy atom. The molecule has 2 saturated heterocycles. The van der Waals surface area contributed by atoms with Gasteiger partial charge >= 0.3 is 0 Å². The number of hydrogen-bond donors (Lipinski definition) is 1. The van der Waals surface area contributed by atoms with Crippen LogP contribution in [0.15, 0.2) is 18.3 Å². The van der Waals surface area contributed by atoms with Gasteiger partial charge < -0.3 is 15.1 Å². The fraction of sp³-hybridized carbons (Fsp3) is 0.667. The molecule has 0 unspecified atom stereocenters. The molecule has 6 nitrogen and oxygen atoms in total. The van der Waals surface area contributed by atoms with Crippen molar-refractivity contribution in [3.8, 4) is 0 Å². The maximum Gasteiger partial charge on any atom is 0.222 e. The highest BCUT2D eigenvalue weighted by Gasteiger charge is 2.19. The number of nitrogens with zero attached hydrogens (tertiary/aromatic N) is 3. The summed E-state index contributed by atoms with van der Waals surface area (Å²) in [4.78, 5) is 32.7. The summed E-state index contributed by atoms with van der Waals surface area (Å²) in [7, 11) is 0. The van der Waals surface area contributed by atoms with E-state index in [1.807, 2.05) is 17.2 Å². The van der Waals surface area contributed by atoms with Gasteiger partial charge in [-0.2, -0.15) is 0 Å². The van der Waals surface area contributed by atoms with Gasteiger partial charge in [0, 0.05) is 57.3 Å². The van der Waals surface area contributed by atoms with Gasteiger partial charge in [-0.15, -0.1) is 0 Å². The van der Waals surface area contributed by atoms with Crippen molar-refractivity contribution in [1.29, 1.82) is 0 Å². The number of likely N-dealkylation sites (tertiary alicyclic amines) is 1. The van der Waals surface area contributed by atoms with Crippen LogP contribution in [0, 0.1) is 0 Å². The van der Waals surface area contributed by atoms with Crippen LogP contribution in [0.5, 0.6) is 0 Å². The van der Waals surface area contributed by atoms with Gasteiger partial charge in [-0.1, -0.05) is 25.3 Å². The molecule has 2 aliphatic rings. The first-order chi connectivity index (χ1) is 13.2. The molecule has 2 amide bonds. The Balaban J connectivity index is 1.47. The Morgan fingerprint density at radius 3 is 2.59 bits per heavy atom. The van der Waals surface area contributed by atoms with E-state index in [4.69, 9.17) is 0 Å². The van der Waals surface area contributed by atoms with Crippen LogP contribution in [-0.4, -0.2) is 47.9 Å². The molecule has 0 aromatic carbocycles. The molecule has 0 bridgehead atoms. The lowest BCUT2D eigenvalue weighted by molar-refractivity contribution is -0.128. The van der Waals surface area contributed by atoms with Crippen LogP contribution in [0.1, 0.15) is 63.4 Å². The van der Waals surface area contributed by atoms with E-state index in [1.54, 1.807) is 0 Å². The van der Waals surface area contributed by atoms with Gasteiger partial charge in [0.25, 0.3) is 0 Å². The zero-order chi connectivity index (χ0) is 18.9. The lowest BCUT2D eigenvalue weighted by Gasteiger charge is -2.27. The minimum Gasteiger partial charge on any atom is -0.356 e. The van der Waals surface area contributed by atoms with E-state index in [2.05, 4.69) is 21.3 Å². The van der Waals surface area contributed by atoms with Crippen molar-refractivity contribution in [3.63, 3.8) is 0 Å². The van der Waals surface area contributed by atoms with Crippen molar-refractivity contribution in [2.75, 3.05) is 31.1 Å². The molecule has 0 spiro atoms. The number of hydrogen-bond acceptors (Lipinski definition) is 4. The van der Waals surface area contributed by atoms with Crippen LogP contribution < -0.4 is 10.2 Å². The van der Waals surface area contributed by atoms with E-state index in [0.717, 1.165) is 43.9 Å². The average Bonchev–Trinajstić information content (AvgIpc) is 3.05. The molecule has 1 aromatic heterocycles. The molecule has 1 aromatic rings. The summed E-state index contributed by atoms with van der Waals surface area (Å²) >= 11 is 0. The van der Waals surface area contributed by atoms with Gasteiger partial charge in [0.15, 0.2) is 0 Å². The standard InChI is InChI=1S/C21H32N4O2/c26-19(10-7-15-24-16-8-11-20(24)27)23-17-18-9-6-12-22-21(18)25-13-4-2-1-3-5-14-25/h6,9,12H,1-5,7-8,10-11,13-17H2,(H,23,26). The van der Waals surface area contributed by atoms with Gasteiger partial charge in [0.2, 0.25) is 11.8 Å². The SMILES string of the molecule is O=C(CCCN1CCCC1=O)NCc1cccnc1N1CCCCCCC1. The Hall–Kier alpha value is -2.11. The maximum absolute atomic E-state index is 12.2. The summed E-state index contributed by atoms with van der Waals surface area (Å²) in [5.41, 5.74) is 1.08. The molecular formula is C21H32N4O2. The van der Waals surface area contributed by atoms with E-state index in [0.29, 0.717) is 25.9 Å². The van der Waals surface area contributed by atoms with Gasteiger partial charge in [0.1, 0.15) is 5.82 Å². The summed E-state index contributed by atoms with van der Waals surface area (Å²) < 4.78 is 0. The Kier molecular flexibility index (Phi) is 7.48. The number of carbonyl (C=O) groups excluding carboxylic acids is 2.